The molecule has 6 nitrogen and oxygen atoms in total. The minimum atomic E-state index is -0.758. The Hall–Kier alpha value is -3.02. The number of esters is 1. The summed E-state index contributed by atoms with van der Waals surface area (Å²) in [6.07, 6.45) is 0.790. The van der Waals surface area contributed by atoms with Crippen LogP contribution < -0.4 is 9.47 Å². The van der Waals surface area contributed by atoms with Crippen LogP contribution in [0.4, 0.5) is 0 Å². The van der Waals surface area contributed by atoms with Crippen molar-refractivity contribution in [3.05, 3.63) is 53.2 Å². The average molecular weight is 328 g/mol. The molecule has 0 fully saturated rings. The summed E-state index contributed by atoms with van der Waals surface area (Å²) in [6, 6.07) is 8.35. The predicted molar refractivity (Wildman–Crippen MR) is 84.9 cm³/mol. The lowest BCUT2D eigenvalue weighted by Gasteiger charge is -2.12. The molecule has 1 aliphatic heterocycles. The third kappa shape index (κ3) is 3.03. The second-order valence-electron chi connectivity index (χ2n) is 5.33. The van der Waals surface area contributed by atoms with Gasteiger partial charge in [0.25, 0.3) is 0 Å². The summed E-state index contributed by atoms with van der Waals surface area (Å²) in [5.74, 6) is 1.54. The molecule has 1 aliphatic rings. The van der Waals surface area contributed by atoms with Crippen molar-refractivity contribution >= 4 is 17.8 Å². The van der Waals surface area contributed by atoms with Gasteiger partial charge in [-0.3, -0.25) is 4.79 Å². The second kappa shape index (κ2) is 6.23. The number of hydrogen-bond donors (Lipinski definition) is 0. The topological polar surface area (TPSA) is 75.0 Å². The molecule has 3 rings (SSSR count). The number of carbonyl (C=O) groups excluding carboxylic acids is 2. The van der Waals surface area contributed by atoms with Crippen LogP contribution in [-0.4, -0.2) is 25.0 Å². The lowest BCUT2D eigenvalue weighted by Crippen LogP contribution is -2.24. The Bertz CT molecular complexity index is 830. The van der Waals surface area contributed by atoms with E-state index in [1.807, 2.05) is 6.92 Å². The Labute approximate surface area is 138 Å². The summed E-state index contributed by atoms with van der Waals surface area (Å²) >= 11 is 0. The van der Waals surface area contributed by atoms with Crippen molar-refractivity contribution in [2.75, 3.05) is 7.11 Å². The van der Waals surface area contributed by atoms with Crippen molar-refractivity contribution in [1.29, 1.82) is 0 Å². The van der Waals surface area contributed by atoms with Gasteiger partial charge >= 0.3 is 5.97 Å². The largest absolute Gasteiger partial charge is 0.479 e. The number of furan rings is 1. The molecule has 124 valence electrons. The number of methoxy groups -OCH3 is 1. The predicted octanol–water partition coefficient (Wildman–Crippen LogP) is 3.14. The van der Waals surface area contributed by atoms with E-state index in [9.17, 15) is 9.59 Å². The molecule has 24 heavy (non-hydrogen) atoms. The van der Waals surface area contributed by atoms with Crippen LogP contribution in [0.25, 0.3) is 6.08 Å². The van der Waals surface area contributed by atoms with Crippen LogP contribution in [0.2, 0.25) is 0 Å². The zero-order chi connectivity index (χ0) is 17.3. The standard InChI is InChI=1S/C18H16O6/c1-10-4-5-12(22-10)9-16-17(19)14-7-6-13(8-15(14)24-16)23-11(2)18(20)21-3/h4-9,11H,1-3H3/t11-/m0/s1. The van der Waals surface area contributed by atoms with Gasteiger partial charge in [0, 0.05) is 12.1 Å². The van der Waals surface area contributed by atoms with Crippen LogP contribution >= 0.6 is 0 Å². The fourth-order valence-corrected chi connectivity index (χ4v) is 2.32. The molecule has 1 atom stereocenters. The van der Waals surface area contributed by atoms with Crippen molar-refractivity contribution in [3.63, 3.8) is 0 Å². The number of allylic oxidation sites excluding steroid dienone is 1. The number of ether oxygens (including phenoxy) is 3. The number of benzene rings is 1. The molecule has 0 amide bonds. The summed E-state index contributed by atoms with van der Waals surface area (Å²) in [7, 11) is 1.29. The number of fused-ring (bicyclic) bond motifs is 1. The van der Waals surface area contributed by atoms with Crippen LogP contribution in [0.3, 0.4) is 0 Å². The molecule has 2 aromatic rings. The number of carbonyl (C=O) groups is 2. The maximum Gasteiger partial charge on any atom is 0.346 e. The molecule has 0 aliphatic carbocycles. The molecule has 1 aromatic heterocycles. The van der Waals surface area contributed by atoms with Crippen molar-refractivity contribution < 1.29 is 28.2 Å². The zero-order valence-electron chi connectivity index (χ0n) is 13.5. The van der Waals surface area contributed by atoms with Gasteiger partial charge in [0.15, 0.2) is 11.9 Å². The summed E-state index contributed by atoms with van der Waals surface area (Å²) in [5, 5.41) is 0. The Kier molecular flexibility index (Phi) is 4.12. The Morgan fingerprint density at radius 1 is 1.25 bits per heavy atom. The van der Waals surface area contributed by atoms with Crippen molar-refractivity contribution in [2.45, 2.75) is 20.0 Å². The smallest absolute Gasteiger partial charge is 0.346 e. The fraction of sp³-hybridized carbons (Fsp3) is 0.222. The van der Waals surface area contributed by atoms with Gasteiger partial charge in [-0.05, 0) is 38.1 Å². The van der Waals surface area contributed by atoms with E-state index < -0.39 is 12.1 Å². The van der Waals surface area contributed by atoms with Crippen LogP contribution in [0.15, 0.2) is 40.5 Å². The number of ketones is 1. The maximum atomic E-state index is 12.3. The fourth-order valence-electron chi connectivity index (χ4n) is 2.32. The van der Waals surface area contributed by atoms with E-state index >= 15 is 0 Å². The van der Waals surface area contributed by atoms with Gasteiger partial charge < -0.3 is 18.6 Å². The van der Waals surface area contributed by atoms with Gasteiger partial charge in [-0.25, -0.2) is 4.79 Å². The highest BCUT2D eigenvalue weighted by Crippen LogP contribution is 2.35. The van der Waals surface area contributed by atoms with E-state index in [2.05, 4.69) is 4.74 Å². The first-order chi connectivity index (χ1) is 11.5. The Morgan fingerprint density at radius 2 is 2.04 bits per heavy atom. The average Bonchev–Trinajstić information content (AvgIpc) is 3.10. The van der Waals surface area contributed by atoms with E-state index in [1.165, 1.54) is 7.11 Å². The normalized spacial score (nSPS) is 15.8. The molecule has 0 bridgehead atoms. The molecule has 1 aromatic carbocycles. The van der Waals surface area contributed by atoms with Crippen LogP contribution in [0, 0.1) is 6.92 Å². The molecule has 0 N–H and O–H groups in total. The van der Waals surface area contributed by atoms with Crippen molar-refractivity contribution in [1.82, 2.24) is 0 Å². The molecule has 0 saturated carbocycles. The van der Waals surface area contributed by atoms with Gasteiger partial charge in [0.2, 0.25) is 5.78 Å². The third-order valence-corrected chi connectivity index (χ3v) is 3.52. The number of Topliss-reactive ketones (excluding diaryl/α,β-unsaturated/α-hetero) is 1. The van der Waals surface area contributed by atoms with E-state index in [4.69, 9.17) is 13.9 Å². The summed E-state index contributed by atoms with van der Waals surface area (Å²) in [5.41, 5.74) is 0.433. The molecule has 0 saturated heterocycles. The first kappa shape index (κ1) is 15.9. The molecule has 6 heteroatoms. The lowest BCUT2D eigenvalue weighted by molar-refractivity contribution is -0.147. The third-order valence-electron chi connectivity index (χ3n) is 3.52. The van der Waals surface area contributed by atoms with E-state index in [1.54, 1.807) is 43.3 Å². The monoisotopic (exact) mass is 328 g/mol. The minimum absolute atomic E-state index is 0.178. The number of hydrogen-bond acceptors (Lipinski definition) is 6. The van der Waals surface area contributed by atoms with Crippen molar-refractivity contribution in [2.24, 2.45) is 0 Å². The van der Waals surface area contributed by atoms with Crippen molar-refractivity contribution in [3.8, 4) is 11.5 Å². The van der Waals surface area contributed by atoms with Gasteiger partial charge in [-0.1, -0.05) is 0 Å². The molecule has 0 radical (unpaired) electrons. The van der Waals surface area contributed by atoms with E-state index in [0.29, 0.717) is 22.8 Å². The molecule has 0 spiro atoms. The van der Waals surface area contributed by atoms with E-state index in [0.717, 1.165) is 5.76 Å². The van der Waals surface area contributed by atoms with Crippen LogP contribution in [0.5, 0.6) is 11.5 Å². The van der Waals surface area contributed by atoms with Gasteiger partial charge in [0.05, 0.1) is 12.7 Å². The Morgan fingerprint density at radius 3 is 2.71 bits per heavy atom. The van der Waals surface area contributed by atoms with Gasteiger partial charge in [0.1, 0.15) is 23.0 Å². The first-order valence-corrected chi connectivity index (χ1v) is 7.37. The highest BCUT2D eigenvalue weighted by Gasteiger charge is 2.28. The second-order valence-corrected chi connectivity index (χ2v) is 5.33. The zero-order valence-corrected chi connectivity index (χ0v) is 13.5. The molecule has 2 heterocycles. The summed E-state index contributed by atoms with van der Waals surface area (Å²) < 4.78 is 21.1. The van der Waals surface area contributed by atoms with Gasteiger partial charge in [-0.2, -0.15) is 0 Å². The number of aryl methyl sites for hydroxylation is 1. The molecular weight excluding hydrogens is 312 g/mol. The molecular formula is C18H16O6. The summed E-state index contributed by atoms with van der Waals surface area (Å²) in [6.45, 7) is 3.40. The van der Waals surface area contributed by atoms with Gasteiger partial charge in [-0.15, -0.1) is 0 Å². The van der Waals surface area contributed by atoms with E-state index in [-0.39, 0.29) is 11.5 Å². The first-order valence-electron chi connectivity index (χ1n) is 7.37. The Balaban J connectivity index is 1.81. The molecule has 0 unspecified atom stereocenters. The minimum Gasteiger partial charge on any atom is -0.479 e. The lowest BCUT2D eigenvalue weighted by atomic mass is 10.1. The SMILES string of the molecule is COC(=O)[C@H](C)Oc1ccc2c(c1)OC(=Cc1ccc(C)o1)C2=O. The highest BCUT2D eigenvalue weighted by atomic mass is 16.6. The van der Waals surface area contributed by atoms with Crippen LogP contribution in [0.1, 0.15) is 28.8 Å². The number of rotatable bonds is 4. The quantitative estimate of drug-likeness (QED) is 0.634. The highest BCUT2D eigenvalue weighted by molar-refractivity contribution is 6.14. The summed E-state index contributed by atoms with van der Waals surface area (Å²) in [4.78, 5) is 23.8. The maximum absolute atomic E-state index is 12.3. The van der Waals surface area contributed by atoms with Crippen LogP contribution in [-0.2, 0) is 9.53 Å².